The molecule has 1 saturated carbocycles. The molecule has 0 saturated heterocycles. The first-order valence-corrected chi connectivity index (χ1v) is 5.29. The first-order chi connectivity index (χ1) is 6.90. The van der Waals surface area contributed by atoms with Crippen molar-refractivity contribution in [3.8, 4) is 0 Å². The van der Waals surface area contributed by atoms with Gasteiger partial charge in [0, 0.05) is 18.5 Å². The van der Waals surface area contributed by atoms with Gasteiger partial charge in [0.1, 0.15) is 0 Å². The van der Waals surface area contributed by atoms with Gasteiger partial charge in [-0.05, 0) is 18.4 Å². The minimum absolute atomic E-state index is 0.226. The van der Waals surface area contributed by atoms with Gasteiger partial charge in [-0.1, -0.05) is 30.3 Å². The molecule has 1 aromatic carbocycles. The van der Waals surface area contributed by atoms with Crippen LogP contribution in [-0.4, -0.2) is 24.3 Å². The second-order valence-electron chi connectivity index (χ2n) is 3.97. The van der Waals surface area contributed by atoms with Gasteiger partial charge in [0.25, 0.3) is 0 Å². The summed E-state index contributed by atoms with van der Waals surface area (Å²) < 4.78 is 0. The van der Waals surface area contributed by atoms with E-state index >= 15 is 0 Å². The molecule has 1 aromatic rings. The van der Waals surface area contributed by atoms with Crippen molar-refractivity contribution >= 4 is 0 Å². The van der Waals surface area contributed by atoms with Crippen molar-refractivity contribution in [3.05, 3.63) is 35.9 Å². The van der Waals surface area contributed by atoms with Gasteiger partial charge < -0.3 is 10.4 Å². The highest BCUT2D eigenvalue weighted by Crippen LogP contribution is 2.21. The largest absolute Gasteiger partial charge is 0.396 e. The Balaban J connectivity index is 1.90. The van der Waals surface area contributed by atoms with Crippen LogP contribution in [0.5, 0.6) is 0 Å². The molecule has 0 spiro atoms. The Labute approximate surface area is 85.0 Å². The van der Waals surface area contributed by atoms with Crippen LogP contribution in [0.2, 0.25) is 0 Å². The Morgan fingerprint density at radius 3 is 2.57 bits per heavy atom. The zero-order valence-electron chi connectivity index (χ0n) is 8.32. The van der Waals surface area contributed by atoms with Crippen LogP contribution >= 0.6 is 0 Å². The maximum absolute atomic E-state index is 9.27. The number of benzene rings is 1. The molecule has 2 heteroatoms. The topological polar surface area (TPSA) is 32.3 Å². The lowest BCUT2D eigenvalue weighted by Gasteiger charge is -2.14. The quantitative estimate of drug-likeness (QED) is 0.739. The van der Waals surface area contributed by atoms with E-state index in [0.717, 1.165) is 6.54 Å². The van der Waals surface area contributed by atoms with E-state index in [1.807, 2.05) is 18.2 Å². The smallest absolute Gasteiger partial charge is 0.0511 e. The van der Waals surface area contributed by atoms with Crippen LogP contribution < -0.4 is 5.32 Å². The highest BCUT2D eigenvalue weighted by atomic mass is 16.3. The third-order valence-corrected chi connectivity index (χ3v) is 2.72. The SMILES string of the molecule is OCC(CNC1CC1)c1ccccc1. The molecule has 0 bridgehead atoms. The van der Waals surface area contributed by atoms with E-state index in [0.29, 0.717) is 6.04 Å². The van der Waals surface area contributed by atoms with Gasteiger partial charge in [-0.15, -0.1) is 0 Å². The molecule has 0 amide bonds. The average Bonchev–Trinajstić information content (AvgIpc) is 3.04. The predicted molar refractivity (Wildman–Crippen MR) is 57.3 cm³/mol. The van der Waals surface area contributed by atoms with Gasteiger partial charge in [0.15, 0.2) is 0 Å². The molecule has 76 valence electrons. The second-order valence-corrected chi connectivity index (χ2v) is 3.97. The molecule has 2 rings (SSSR count). The summed E-state index contributed by atoms with van der Waals surface area (Å²) in [6.45, 7) is 1.12. The van der Waals surface area contributed by atoms with E-state index in [2.05, 4.69) is 17.4 Å². The van der Waals surface area contributed by atoms with Crippen molar-refractivity contribution in [2.75, 3.05) is 13.2 Å². The fraction of sp³-hybridized carbons (Fsp3) is 0.500. The first kappa shape index (κ1) is 9.69. The zero-order chi connectivity index (χ0) is 9.80. The maximum atomic E-state index is 9.27. The molecule has 0 radical (unpaired) electrons. The van der Waals surface area contributed by atoms with Gasteiger partial charge in [0.2, 0.25) is 0 Å². The molecule has 2 N–H and O–H groups in total. The van der Waals surface area contributed by atoms with Crippen molar-refractivity contribution in [3.63, 3.8) is 0 Å². The second kappa shape index (κ2) is 4.58. The van der Waals surface area contributed by atoms with Crippen LogP contribution in [0.4, 0.5) is 0 Å². The summed E-state index contributed by atoms with van der Waals surface area (Å²) in [6, 6.07) is 10.9. The predicted octanol–water partition coefficient (Wildman–Crippen LogP) is 1.51. The molecule has 0 aliphatic heterocycles. The number of rotatable bonds is 5. The van der Waals surface area contributed by atoms with Crippen molar-refractivity contribution < 1.29 is 5.11 Å². The van der Waals surface area contributed by atoms with E-state index in [-0.39, 0.29) is 12.5 Å². The minimum atomic E-state index is 0.226. The summed E-state index contributed by atoms with van der Waals surface area (Å²) in [7, 11) is 0. The molecular weight excluding hydrogens is 174 g/mol. The molecule has 1 fully saturated rings. The van der Waals surface area contributed by atoms with Crippen molar-refractivity contribution in [1.29, 1.82) is 0 Å². The molecular formula is C12H17NO. The molecule has 1 aliphatic rings. The van der Waals surface area contributed by atoms with E-state index < -0.39 is 0 Å². The fourth-order valence-electron chi connectivity index (χ4n) is 1.61. The normalized spacial score (nSPS) is 18.1. The van der Waals surface area contributed by atoms with E-state index in [1.54, 1.807) is 0 Å². The summed E-state index contributed by atoms with van der Waals surface area (Å²) in [5, 5.41) is 12.7. The maximum Gasteiger partial charge on any atom is 0.0511 e. The van der Waals surface area contributed by atoms with Crippen molar-refractivity contribution in [1.82, 2.24) is 5.32 Å². The molecule has 14 heavy (non-hydrogen) atoms. The van der Waals surface area contributed by atoms with Crippen molar-refractivity contribution in [2.45, 2.75) is 24.8 Å². The highest BCUT2D eigenvalue weighted by Gasteiger charge is 2.21. The average molecular weight is 191 g/mol. The van der Waals surface area contributed by atoms with Crippen LogP contribution in [0.1, 0.15) is 24.3 Å². The number of hydrogen-bond donors (Lipinski definition) is 2. The van der Waals surface area contributed by atoms with Crippen molar-refractivity contribution in [2.24, 2.45) is 0 Å². The summed E-state index contributed by atoms with van der Waals surface area (Å²) >= 11 is 0. The van der Waals surface area contributed by atoms with E-state index in [4.69, 9.17) is 0 Å². The van der Waals surface area contributed by atoms with Gasteiger partial charge in [-0.2, -0.15) is 0 Å². The number of aliphatic hydroxyl groups excluding tert-OH is 1. The van der Waals surface area contributed by atoms with Gasteiger partial charge >= 0.3 is 0 Å². The lowest BCUT2D eigenvalue weighted by atomic mass is 10.0. The third-order valence-electron chi connectivity index (χ3n) is 2.72. The van der Waals surface area contributed by atoms with Gasteiger partial charge in [-0.25, -0.2) is 0 Å². The Kier molecular flexibility index (Phi) is 3.17. The van der Waals surface area contributed by atoms with Crippen LogP contribution in [0.15, 0.2) is 30.3 Å². The van der Waals surface area contributed by atoms with Crippen LogP contribution in [0.3, 0.4) is 0 Å². The van der Waals surface area contributed by atoms with Crippen LogP contribution in [0, 0.1) is 0 Å². The number of hydrogen-bond acceptors (Lipinski definition) is 2. The summed E-state index contributed by atoms with van der Waals surface area (Å²) in [4.78, 5) is 0. The monoisotopic (exact) mass is 191 g/mol. The molecule has 2 nitrogen and oxygen atoms in total. The Morgan fingerprint density at radius 2 is 2.00 bits per heavy atom. The van der Waals surface area contributed by atoms with Crippen LogP contribution in [0.25, 0.3) is 0 Å². The Morgan fingerprint density at radius 1 is 1.29 bits per heavy atom. The number of nitrogens with one attached hydrogen (secondary N) is 1. The molecule has 0 heterocycles. The van der Waals surface area contributed by atoms with E-state index in [9.17, 15) is 5.11 Å². The third kappa shape index (κ3) is 2.56. The van der Waals surface area contributed by atoms with Crippen LogP contribution in [-0.2, 0) is 0 Å². The standard InChI is InChI=1S/C12H17NO/c14-9-11(8-13-12-6-7-12)10-4-2-1-3-5-10/h1-5,11-14H,6-9H2. The minimum Gasteiger partial charge on any atom is -0.396 e. The van der Waals surface area contributed by atoms with Gasteiger partial charge in [-0.3, -0.25) is 0 Å². The lowest BCUT2D eigenvalue weighted by Crippen LogP contribution is -2.25. The summed E-state index contributed by atoms with van der Waals surface area (Å²) in [5.74, 6) is 0.247. The zero-order valence-corrected chi connectivity index (χ0v) is 8.32. The first-order valence-electron chi connectivity index (χ1n) is 5.29. The highest BCUT2D eigenvalue weighted by molar-refractivity contribution is 5.20. The van der Waals surface area contributed by atoms with E-state index in [1.165, 1.54) is 18.4 Å². The van der Waals surface area contributed by atoms with Gasteiger partial charge in [0.05, 0.1) is 6.61 Å². The molecule has 0 aromatic heterocycles. The molecule has 1 unspecified atom stereocenters. The molecule has 1 atom stereocenters. The lowest BCUT2D eigenvalue weighted by molar-refractivity contribution is 0.261. The molecule has 1 aliphatic carbocycles. The Hall–Kier alpha value is -0.860. The summed E-state index contributed by atoms with van der Waals surface area (Å²) in [5.41, 5.74) is 1.23. The fourth-order valence-corrected chi connectivity index (χ4v) is 1.61. The summed E-state index contributed by atoms with van der Waals surface area (Å²) in [6.07, 6.45) is 2.60. The Bertz CT molecular complexity index is 269. The number of aliphatic hydroxyl groups is 1.